The monoisotopic (exact) mass is 457 g/mol. The number of nitrogens with zero attached hydrogens (tertiary/aromatic N) is 4. The fourth-order valence-corrected chi connectivity index (χ4v) is 4.53. The lowest BCUT2D eigenvalue weighted by molar-refractivity contribution is -0.121. The Morgan fingerprint density at radius 1 is 1.16 bits per heavy atom. The first-order valence-electron chi connectivity index (χ1n) is 10.3. The van der Waals surface area contributed by atoms with E-state index in [9.17, 15) is 9.59 Å². The number of amides is 1. The number of hydrogen-bond donors (Lipinski definition) is 1. The van der Waals surface area contributed by atoms with Gasteiger partial charge in [0.25, 0.3) is 5.56 Å². The Morgan fingerprint density at radius 2 is 1.94 bits per heavy atom. The lowest BCUT2D eigenvalue weighted by atomic mass is 10.1. The molecule has 4 aromatic rings. The second kappa shape index (κ2) is 9.20. The highest BCUT2D eigenvalue weighted by Gasteiger charge is 2.18. The fourth-order valence-electron chi connectivity index (χ4n) is 3.58. The van der Waals surface area contributed by atoms with Gasteiger partial charge in [0.15, 0.2) is 0 Å². The number of carbonyl (C=O) groups is 1. The number of nitrogens with one attached hydrogen (secondary N) is 1. The van der Waals surface area contributed by atoms with Gasteiger partial charge >= 0.3 is 0 Å². The Bertz CT molecular complexity index is 1270. The van der Waals surface area contributed by atoms with Crippen LogP contribution in [0.4, 0.5) is 0 Å². The lowest BCUT2D eigenvalue weighted by Crippen LogP contribution is -2.26. The zero-order valence-electron chi connectivity index (χ0n) is 17.5. The maximum atomic E-state index is 12.9. The van der Waals surface area contributed by atoms with Crippen molar-refractivity contribution in [3.8, 4) is 0 Å². The number of carbonyl (C=O) groups excluding carboxylic acids is 1. The van der Waals surface area contributed by atoms with Crippen molar-refractivity contribution < 1.29 is 4.79 Å². The summed E-state index contributed by atoms with van der Waals surface area (Å²) >= 11 is 7.32. The number of halogens is 1. The largest absolute Gasteiger partial charge is 0.356 e. The summed E-state index contributed by atoms with van der Waals surface area (Å²) in [4.78, 5) is 25.2. The molecule has 3 heterocycles. The molecule has 0 fully saturated rings. The molecule has 0 saturated carbocycles. The molecule has 0 saturated heterocycles. The van der Waals surface area contributed by atoms with Gasteiger partial charge in [0.05, 0.1) is 5.52 Å². The molecule has 0 aliphatic carbocycles. The minimum atomic E-state index is -0.0391. The zero-order chi connectivity index (χ0) is 22.0. The number of benzene rings is 1. The smallest absolute Gasteiger partial charge is 0.272 e. The Morgan fingerprint density at radius 3 is 2.68 bits per heavy atom. The highest BCUT2D eigenvalue weighted by Crippen LogP contribution is 2.20. The minimum Gasteiger partial charge on any atom is -0.356 e. The van der Waals surface area contributed by atoms with E-state index in [0.29, 0.717) is 53.2 Å². The minimum absolute atomic E-state index is 0.0370. The van der Waals surface area contributed by atoms with Gasteiger partial charge in [-0.15, -0.1) is 21.5 Å². The summed E-state index contributed by atoms with van der Waals surface area (Å²) in [6.07, 6.45) is 1.49. The van der Waals surface area contributed by atoms with Gasteiger partial charge in [-0.1, -0.05) is 37.6 Å². The molecule has 3 aromatic heterocycles. The second-order valence-electron chi connectivity index (χ2n) is 7.92. The van der Waals surface area contributed by atoms with Gasteiger partial charge in [-0.2, -0.15) is 0 Å². The zero-order valence-corrected chi connectivity index (χ0v) is 19.0. The molecule has 1 amide bonds. The van der Waals surface area contributed by atoms with Crippen LogP contribution in [0.3, 0.4) is 0 Å². The summed E-state index contributed by atoms with van der Waals surface area (Å²) in [5.74, 6) is 1.47. The number of thiophene rings is 1. The number of fused-ring (bicyclic) bond motifs is 3. The third-order valence-corrected chi connectivity index (χ3v) is 6.20. The van der Waals surface area contributed by atoms with Gasteiger partial charge in [0, 0.05) is 31.0 Å². The quantitative estimate of drug-likeness (QED) is 0.437. The summed E-state index contributed by atoms with van der Waals surface area (Å²) in [6, 6.07) is 9.52. The van der Waals surface area contributed by atoms with E-state index in [1.807, 2.05) is 40.1 Å². The maximum absolute atomic E-state index is 12.9. The van der Waals surface area contributed by atoms with Gasteiger partial charge in [0.2, 0.25) is 11.7 Å². The third-order valence-electron chi connectivity index (χ3n) is 5.05. The highest BCUT2D eigenvalue weighted by molar-refractivity contribution is 7.17. The van der Waals surface area contributed by atoms with E-state index in [4.69, 9.17) is 11.6 Å². The van der Waals surface area contributed by atoms with Crippen molar-refractivity contribution >= 4 is 44.8 Å². The first kappa shape index (κ1) is 21.5. The molecular formula is C22H24ClN5O2S. The van der Waals surface area contributed by atoms with E-state index < -0.39 is 0 Å². The van der Waals surface area contributed by atoms with Gasteiger partial charge in [-0.05, 0) is 41.5 Å². The van der Waals surface area contributed by atoms with Gasteiger partial charge in [-0.3, -0.25) is 18.6 Å². The average molecular weight is 458 g/mol. The van der Waals surface area contributed by atoms with E-state index in [0.717, 1.165) is 17.5 Å². The molecule has 4 rings (SSSR count). The van der Waals surface area contributed by atoms with E-state index in [1.165, 1.54) is 11.3 Å². The van der Waals surface area contributed by atoms with Crippen molar-refractivity contribution in [3.05, 3.63) is 62.5 Å². The maximum Gasteiger partial charge on any atom is 0.272 e. The van der Waals surface area contributed by atoms with Crippen molar-refractivity contribution in [3.63, 3.8) is 0 Å². The molecular weight excluding hydrogens is 434 g/mol. The first-order chi connectivity index (χ1) is 14.9. The van der Waals surface area contributed by atoms with Crippen LogP contribution in [-0.4, -0.2) is 31.6 Å². The van der Waals surface area contributed by atoms with Crippen molar-refractivity contribution in [2.45, 2.75) is 39.7 Å². The Labute approximate surface area is 188 Å². The van der Waals surface area contributed by atoms with Crippen LogP contribution < -0.4 is 10.9 Å². The van der Waals surface area contributed by atoms with Crippen LogP contribution in [0.5, 0.6) is 0 Å². The van der Waals surface area contributed by atoms with E-state index in [-0.39, 0.29) is 11.5 Å². The van der Waals surface area contributed by atoms with Crippen LogP contribution in [0, 0.1) is 5.92 Å². The van der Waals surface area contributed by atoms with Crippen LogP contribution in [0.15, 0.2) is 40.5 Å². The van der Waals surface area contributed by atoms with Crippen molar-refractivity contribution in [1.82, 2.24) is 24.5 Å². The molecule has 1 aromatic carbocycles. The molecule has 0 radical (unpaired) electrons. The molecule has 7 nitrogen and oxygen atoms in total. The van der Waals surface area contributed by atoms with Crippen LogP contribution in [-0.2, 0) is 24.2 Å². The summed E-state index contributed by atoms with van der Waals surface area (Å²) < 4.78 is 4.28. The summed E-state index contributed by atoms with van der Waals surface area (Å²) in [6.45, 7) is 5.25. The highest BCUT2D eigenvalue weighted by atomic mass is 35.5. The van der Waals surface area contributed by atoms with Gasteiger partial charge < -0.3 is 5.32 Å². The molecule has 9 heteroatoms. The SMILES string of the molecule is CC(C)Cn1c(=O)c2sccc2n2c(CCC(=O)NCCc3ccc(Cl)cc3)nnc12. The van der Waals surface area contributed by atoms with Gasteiger partial charge in [0.1, 0.15) is 10.5 Å². The Kier molecular flexibility index (Phi) is 6.38. The summed E-state index contributed by atoms with van der Waals surface area (Å²) in [5, 5.41) is 14.1. The topological polar surface area (TPSA) is 81.3 Å². The molecule has 1 N–H and O–H groups in total. The standard InChI is InChI=1S/C22H24ClN5O2S/c1-14(2)13-27-21(30)20-17(10-12-31-20)28-18(25-26-22(27)28)7-8-19(29)24-11-9-15-3-5-16(23)6-4-15/h3-6,10,12,14H,7-9,11,13H2,1-2H3,(H,24,29). The molecule has 0 aliphatic heterocycles. The van der Waals surface area contributed by atoms with Gasteiger partial charge in [-0.25, -0.2) is 0 Å². The van der Waals surface area contributed by atoms with Crippen LogP contribution >= 0.6 is 22.9 Å². The number of rotatable bonds is 8. The van der Waals surface area contributed by atoms with Crippen molar-refractivity contribution in [1.29, 1.82) is 0 Å². The van der Waals surface area contributed by atoms with E-state index in [1.54, 1.807) is 4.57 Å². The first-order valence-corrected chi connectivity index (χ1v) is 11.5. The van der Waals surface area contributed by atoms with E-state index in [2.05, 4.69) is 29.4 Å². The summed E-state index contributed by atoms with van der Waals surface area (Å²) in [5.41, 5.74) is 1.88. The molecule has 0 aliphatic rings. The Hall–Kier alpha value is -2.71. The average Bonchev–Trinajstić information content (AvgIpc) is 3.38. The van der Waals surface area contributed by atoms with Crippen molar-refractivity contribution in [2.75, 3.05) is 6.54 Å². The molecule has 0 bridgehead atoms. The van der Waals surface area contributed by atoms with Crippen LogP contribution in [0.1, 0.15) is 31.7 Å². The van der Waals surface area contributed by atoms with Crippen LogP contribution in [0.25, 0.3) is 16.0 Å². The predicted octanol–water partition coefficient (Wildman–Crippen LogP) is 3.71. The predicted molar refractivity (Wildman–Crippen MR) is 124 cm³/mol. The fraction of sp³-hybridized carbons (Fsp3) is 0.364. The molecule has 0 unspecified atom stereocenters. The van der Waals surface area contributed by atoms with Crippen LogP contribution in [0.2, 0.25) is 5.02 Å². The number of aromatic nitrogens is 4. The Balaban J connectivity index is 1.47. The molecule has 0 atom stereocenters. The molecule has 0 spiro atoms. The van der Waals surface area contributed by atoms with E-state index >= 15 is 0 Å². The number of hydrogen-bond acceptors (Lipinski definition) is 5. The number of aryl methyl sites for hydroxylation is 1. The lowest BCUT2D eigenvalue weighted by Gasteiger charge is -2.11. The molecule has 31 heavy (non-hydrogen) atoms. The molecule has 162 valence electrons. The third kappa shape index (κ3) is 4.65. The summed E-state index contributed by atoms with van der Waals surface area (Å²) in [7, 11) is 0. The van der Waals surface area contributed by atoms with Crippen molar-refractivity contribution in [2.24, 2.45) is 5.92 Å². The normalized spacial score (nSPS) is 11.6. The second-order valence-corrected chi connectivity index (χ2v) is 9.28.